The smallest absolute Gasteiger partial charge is 0.257 e. The average Bonchev–Trinajstić information content (AvgIpc) is 2.99. The molecule has 0 heterocycles. The number of nitrogens with zero attached hydrogens (tertiary/aromatic N) is 1. The number of rotatable bonds is 8. The molecule has 0 fully saturated rings. The number of ether oxygens (including phenoxy) is 1. The third-order valence-corrected chi connectivity index (χ3v) is 6.15. The summed E-state index contributed by atoms with van der Waals surface area (Å²) in [6.45, 7) is 0. The van der Waals surface area contributed by atoms with Gasteiger partial charge in [0, 0.05) is 34.4 Å². The lowest BCUT2D eigenvalue weighted by Gasteiger charge is -2.27. The van der Waals surface area contributed by atoms with E-state index in [1.54, 1.807) is 49.6 Å². The van der Waals surface area contributed by atoms with Crippen molar-refractivity contribution in [3.05, 3.63) is 145 Å². The van der Waals surface area contributed by atoms with E-state index < -0.39 is 0 Å². The monoisotopic (exact) mass is 513 g/mol. The van der Waals surface area contributed by atoms with Gasteiger partial charge in [0.05, 0.1) is 18.4 Å². The van der Waals surface area contributed by atoms with Gasteiger partial charge in [-0.25, -0.2) is 0 Å². The zero-order valence-corrected chi connectivity index (χ0v) is 21.4. The summed E-state index contributed by atoms with van der Waals surface area (Å²) < 4.78 is 5.21. The zero-order chi connectivity index (χ0) is 27.0. The van der Waals surface area contributed by atoms with E-state index in [0.717, 1.165) is 17.1 Å². The Labute approximate surface area is 227 Å². The molecular weight excluding hydrogens is 486 g/mol. The van der Waals surface area contributed by atoms with E-state index in [9.17, 15) is 9.59 Å². The predicted molar refractivity (Wildman–Crippen MR) is 156 cm³/mol. The molecule has 0 saturated carbocycles. The molecule has 0 atom stereocenters. The molecule has 0 bridgehead atoms. The lowest BCUT2D eigenvalue weighted by molar-refractivity contribution is 0.102. The van der Waals surface area contributed by atoms with Crippen molar-refractivity contribution in [1.82, 2.24) is 0 Å². The maximum atomic E-state index is 13.5. The maximum Gasteiger partial charge on any atom is 0.257 e. The summed E-state index contributed by atoms with van der Waals surface area (Å²) in [6, 6.07) is 41.3. The minimum absolute atomic E-state index is 0.254. The van der Waals surface area contributed by atoms with Gasteiger partial charge in [-0.05, 0) is 72.8 Å². The number of hydrogen-bond donors (Lipinski definition) is 2. The van der Waals surface area contributed by atoms with Crippen molar-refractivity contribution in [1.29, 1.82) is 0 Å². The van der Waals surface area contributed by atoms with Gasteiger partial charge in [-0.3, -0.25) is 9.59 Å². The summed E-state index contributed by atoms with van der Waals surface area (Å²) in [7, 11) is 1.58. The first-order valence-corrected chi connectivity index (χ1v) is 12.5. The van der Waals surface area contributed by atoms with Crippen LogP contribution in [0.2, 0.25) is 0 Å². The highest BCUT2D eigenvalue weighted by atomic mass is 16.5. The van der Waals surface area contributed by atoms with Crippen LogP contribution >= 0.6 is 0 Å². The van der Waals surface area contributed by atoms with Crippen LogP contribution in [0.3, 0.4) is 0 Å². The number of methoxy groups -OCH3 is 1. The molecule has 5 rings (SSSR count). The molecule has 6 nitrogen and oxygen atoms in total. The minimum atomic E-state index is -0.257. The number of amides is 2. The minimum Gasteiger partial charge on any atom is -0.497 e. The molecule has 0 saturated heterocycles. The lowest BCUT2D eigenvalue weighted by atomic mass is 10.1. The molecular formula is C33H27N3O3. The van der Waals surface area contributed by atoms with Crippen LogP contribution in [0.5, 0.6) is 5.75 Å². The maximum absolute atomic E-state index is 13.5. The van der Waals surface area contributed by atoms with Gasteiger partial charge in [0.2, 0.25) is 0 Å². The number of anilines is 5. The van der Waals surface area contributed by atoms with Gasteiger partial charge in [0.1, 0.15) is 5.75 Å². The predicted octanol–water partition coefficient (Wildman–Crippen LogP) is 7.67. The first kappa shape index (κ1) is 25.3. The molecule has 5 aromatic rings. The summed E-state index contributed by atoms with van der Waals surface area (Å²) in [5, 5.41) is 5.83. The molecule has 6 heteroatoms. The molecule has 0 aromatic heterocycles. The first-order chi connectivity index (χ1) is 19.1. The zero-order valence-electron chi connectivity index (χ0n) is 21.4. The molecule has 39 heavy (non-hydrogen) atoms. The van der Waals surface area contributed by atoms with Crippen molar-refractivity contribution in [2.45, 2.75) is 0 Å². The molecule has 2 N–H and O–H groups in total. The molecule has 2 amide bonds. The Bertz CT molecular complexity index is 1530. The Morgan fingerprint density at radius 1 is 0.590 bits per heavy atom. The van der Waals surface area contributed by atoms with Gasteiger partial charge >= 0.3 is 0 Å². The van der Waals surface area contributed by atoms with Gasteiger partial charge in [-0.1, -0.05) is 54.6 Å². The Hall–Kier alpha value is -5.36. The number of nitrogens with one attached hydrogen (secondary N) is 2. The van der Waals surface area contributed by atoms with Gasteiger partial charge in [0.25, 0.3) is 11.8 Å². The average molecular weight is 514 g/mol. The quantitative estimate of drug-likeness (QED) is 0.223. The third kappa shape index (κ3) is 5.97. The highest BCUT2D eigenvalue weighted by Crippen LogP contribution is 2.36. The Morgan fingerprint density at radius 2 is 1.18 bits per heavy atom. The Morgan fingerprint density at radius 3 is 1.82 bits per heavy atom. The molecule has 0 radical (unpaired) electrons. The summed E-state index contributed by atoms with van der Waals surface area (Å²) in [4.78, 5) is 28.3. The number of carbonyl (C=O) groups is 2. The van der Waals surface area contributed by atoms with Gasteiger partial charge in [-0.15, -0.1) is 0 Å². The van der Waals surface area contributed by atoms with E-state index in [-0.39, 0.29) is 11.8 Å². The van der Waals surface area contributed by atoms with Crippen molar-refractivity contribution in [3.63, 3.8) is 0 Å². The fourth-order valence-corrected chi connectivity index (χ4v) is 4.25. The van der Waals surface area contributed by atoms with Crippen molar-refractivity contribution < 1.29 is 14.3 Å². The van der Waals surface area contributed by atoms with Crippen molar-refractivity contribution in [3.8, 4) is 5.75 Å². The van der Waals surface area contributed by atoms with E-state index in [2.05, 4.69) is 15.5 Å². The number of benzene rings is 5. The number of para-hydroxylation sites is 3. The SMILES string of the molecule is COc1cccc(NC(=O)c2ccc(NC(=O)c3ccccc3N(c3ccccc3)c3ccccc3)cc2)c1. The van der Waals surface area contributed by atoms with Crippen LogP contribution in [0, 0.1) is 0 Å². The van der Waals surface area contributed by atoms with Crippen LogP contribution in [0.15, 0.2) is 133 Å². The van der Waals surface area contributed by atoms with E-state index in [1.807, 2.05) is 91.0 Å². The second-order valence-electron chi connectivity index (χ2n) is 8.74. The van der Waals surface area contributed by atoms with Crippen LogP contribution in [0.4, 0.5) is 28.4 Å². The first-order valence-electron chi connectivity index (χ1n) is 12.5. The molecule has 5 aromatic carbocycles. The summed E-state index contributed by atoms with van der Waals surface area (Å²) in [5.41, 5.74) is 4.83. The van der Waals surface area contributed by atoms with E-state index >= 15 is 0 Å². The third-order valence-electron chi connectivity index (χ3n) is 6.15. The summed E-state index contributed by atoms with van der Waals surface area (Å²) >= 11 is 0. The molecule has 0 aliphatic carbocycles. The van der Waals surface area contributed by atoms with Crippen molar-refractivity contribution in [2.75, 3.05) is 22.6 Å². The van der Waals surface area contributed by atoms with Crippen LogP contribution in [-0.2, 0) is 0 Å². The van der Waals surface area contributed by atoms with Crippen LogP contribution < -0.4 is 20.3 Å². The van der Waals surface area contributed by atoms with Crippen LogP contribution in [-0.4, -0.2) is 18.9 Å². The molecule has 0 aliphatic heterocycles. The van der Waals surface area contributed by atoms with E-state index in [1.165, 1.54) is 0 Å². The van der Waals surface area contributed by atoms with E-state index in [0.29, 0.717) is 28.3 Å². The Kier molecular flexibility index (Phi) is 7.65. The van der Waals surface area contributed by atoms with E-state index in [4.69, 9.17) is 4.74 Å². The second kappa shape index (κ2) is 11.8. The lowest BCUT2D eigenvalue weighted by Crippen LogP contribution is -2.18. The van der Waals surface area contributed by atoms with Crippen molar-refractivity contribution >= 4 is 40.3 Å². The topological polar surface area (TPSA) is 70.7 Å². The normalized spacial score (nSPS) is 10.4. The summed E-state index contributed by atoms with van der Waals surface area (Å²) in [5.74, 6) is 0.146. The standard InChI is InChI=1S/C33H27N3O3/c1-39-29-16-10-11-26(23-29)35-32(37)24-19-21-25(22-20-24)34-33(38)30-17-8-9-18-31(30)36(27-12-4-2-5-13-27)28-14-6-3-7-15-28/h2-23H,1H3,(H,34,38)(H,35,37). The highest BCUT2D eigenvalue weighted by Gasteiger charge is 2.19. The largest absolute Gasteiger partial charge is 0.497 e. The van der Waals surface area contributed by atoms with Gasteiger partial charge < -0.3 is 20.3 Å². The molecule has 0 spiro atoms. The highest BCUT2D eigenvalue weighted by molar-refractivity contribution is 6.10. The number of carbonyl (C=O) groups excluding carboxylic acids is 2. The fourth-order valence-electron chi connectivity index (χ4n) is 4.25. The second-order valence-corrected chi connectivity index (χ2v) is 8.74. The molecule has 0 aliphatic rings. The van der Waals surface area contributed by atoms with Crippen LogP contribution in [0.1, 0.15) is 20.7 Å². The van der Waals surface area contributed by atoms with Gasteiger partial charge in [-0.2, -0.15) is 0 Å². The Balaban J connectivity index is 1.36. The molecule has 0 unspecified atom stereocenters. The molecule has 192 valence electrons. The fraction of sp³-hybridized carbons (Fsp3) is 0.0303. The summed E-state index contributed by atoms with van der Waals surface area (Å²) in [6.07, 6.45) is 0. The number of hydrogen-bond acceptors (Lipinski definition) is 4. The van der Waals surface area contributed by atoms with Crippen LogP contribution in [0.25, 0.3) is 0 Å². The van der Waals surface area contributed by atoms with Crippen molar-refractivity contribution in [2.24, 2.45) is 0 Å². The van der Waals surface area contributed by atoms with Gasteiger partial charge in [0.15, 0.2) is 0 Å².